The maximum atomic E-state index is 12.1. The molecule has 3 aromatic rings. The van der Waals surface area contributed by atoms with Crippen molar-refractivity contribution in [2.75, 3.05) is 6.79 Å². The maximum Gasteiger partial charge on any atom is 0.231 e. The summed E-state index contributed by atoms with van der Waals surface area (Å²) in [4.78, 5) is 12.1. The van der Waals surface area contributed by atoms with Crippen molar-refractivity contribution in [3.05, 3.63) is 64.8 Å². The Balaban J connectivity index is 1.34. The van der Waals surface area contributed by atoms with Crippen LogP contribution >= 0.6 is 11.6 Å². The highest BCUT2D eigenvalue weighted by atomic mass is 35.5. The van der Waals surface area contributed by atoms with Crippen LogP contribution < -0.4 is 14.8 Å². The van der Waals surface area contributed by atoms with E-state index in [9.17, 15) is 4.79 Å². The molecule has 1 aliphatic heterocycles. The minimum atomic E-state index is -0.140. The van der Waals surface area contributed by atoms with Gasteiger partial charge in [0.15, 0.2) is 17.3 Å². The number of halogens is 1. The zero-order valence-corrected chi connectivity index (χ0v) is 14.5. The summed E-state index contributed by atoms with van der Waals surface area (Å²) < 4.78 is 15.9. The van der Waals surface area contributed by atoms with E-state index in [2.05, 4.69) is 10.5 Å². The van der Waals surface area contributed by atoms with Crippen molar-refractivity contribution in [1.29, 1.82) is 0 Å². The summed E-state index contributed by atoms with van der Waals surface area (Å²) in [5, 5.41) is 7.46. The van der Waals surface area contributed by atoms with Gasteiger partial charge in [0.2, 0.25) is 12.7 Å². The second-order valence-electron chi connectivity index (χ2n) is 5.83. The molecular formula is C19H15ClN2O4. The summed E-state index contributed by atoms with van der Waals surface area (Å²) in [6.45, 7) is 0.630. The first-order valence-electron chi connectivity index (χ1n) is 8.04. The number of carbonyl (C=O) groups excluding carboxylic acids is 1. The van der Waals surface area contributed by atoms with Gasteiger partial charge in [0.1, 0.15) is 0 Å². The maximum absolute atomic E-state index is 12.1. The van der Waals surface area contributed by atoms with Crippen molar-refractivity contribution in [1.82, 2.24) is 10.5 Å². The lowest BCUT2D eigenvalue weighted by Gasteiger charge is -2.05. The van der Waals surface area contributed by atoms with E-state index in [0.717, 1.165) is 16.9 Å². The number of hydrogen-bond acceptors (Lipinski definition) is 5. The fourth-order valence-electron chi connectivity index (χ4n) is 2.62. The van der Waals surface area contributed by atoms with Crippen LogP contribution in [0, 0.1) is 0 Å². The van der Waals surface area contributed by atoms with Gasteiger partial charge in [-0.2, -0.15) is 0 Å². The number of fused-ring (bicyclic) bond motifs is 1. The Hall–Kier alpha value is -2.99. The van der Waals surface area contributed by atoms with Gasteiger partial charge in [0.25, 0.3) is 0 Å². The lowest BCUT2D eigenvalue weighted by atomic mass is 10.1. The van der Waals surface area contributed by atoms with E-state index in [1.54, 1.807) is 18.2 Å². The lowest BCUT2D eigenvalue weighted by molar-refractivity contribution is -0.120. The predicted octanol–water partition coefficient (Wildman–Crippen LogP) is 3.58. The van der Waals surface area contributed by atoms with Gasteiger partial charge in [-0.15, -0.1) is 0 Å². The van der Waals surface area contributed by atoms with Crippen LogP contribution in [0.3, 0.4) is 0 Å². The van der Waals surface area contributed by atoms with Gasteiger partial charge in [-0.3, -0.25) is 4.79 Å². The molecule has 0 bridgehead atoms. The summed E-state index contributed by atoms with van der Waals surface area (Å²) >= 11 is 5.88. The van der Waals surface area contributed by atoms with E-state index in [4.69, 9.17) is 25.6 Å². The van der Waals surface area contributed by atoms with Crippen LogP contribution in [-0.4, -0.2) is 17.9 Å². The number of ether oxygens (including phenoxy) is 2. The monoisotopic (exact) mass is 370 g/mol. The smallest absolute Gasteiger partial charge is 0.231 e. The van der Waals surface area contributed by atoms with Crippen LogP contribution in [0.1, 0.15) is 11.3 Å². The van der Waals surface area contributed by atoms with Crippen molar-refractivity contribution in [2.24, 2.45) is 0 Å². The second-order valence-corrected chi connectivity index (χ2v) is 6.27. The van der Waals surface area contributed by atoms with E-state index in [1.807, 2.05) is 30.3 Å². The van der Waals surface area contributed by atoms with Crippen molar-refractivity contribution in [3.8, 4) is 22.8 Å². The normalized spacial score (nSPS) is 12.2. The average molecular weight is 371 g/mol. The third-order valence-electron chi connectivity index (χ3n) is 3.96. The van der Waals surface area contributed by atoms with Gasteiger partial charge in [-0.25, -0.2) is 0 Å². The van der Waals surface area contributed by atoms with Crippen LogP contribution in [0.2, 0.25) is 5.02 Å². The van der Waals surface area contributed by atoms with E-state index in [-0.39, 0.29) is 19.1 Å². The average Bonchev–Trinajstić information content (AvgIpc) is 3.29. The molecule has 6 nitrogen and oxygen atoms in total. The van der Waals surface area contributed by atoms with Crippen molar-refractivity contribution in [2.45, 2.75) is 13.0 Å². The van der Waals surface area contributed by atoms with Crippen LogP contribution in [0.15, 0.2) is 53.1 Å². The number of benzene rings is 2. The number of hydrogen-bond donors (Lipinski definition) is 1. The molecule has 0 radical (unpaired) electrons. The SMILES string of the molecule is O=C(Cc1cc(-c2ccc(Cl)cc2)on1)NCc1ccc2c(c1)OCO2. The standard InChI is InChI=1S/C19H15ClN2O4/c20-14-4-2-13(3-5-14)17-8-15(22-26-17)9-19(23)21-10-12-1-6-16-18(7-12)25-11-24-16/h1-8H,9-11H2,(H,21,23). The van der Waals surface area contributed by atoms with E-state index < -0.39 is 0 Å². The third kappa shape index (κ3) is 3.65. The largest absolute Gasteiger partial charge is 0.454 e. The molecule has 2 heterocycles. The predicted molar refractivity (Wildman–Crippen MR) is 95.1 cm³/mol. The minimum Gasteiger partial charge on any atom is -0.454 e. The van der Waals surface area contributed by atoms with E-state index in [1.165, 1.54) is 0 Å². The number of amides is 1. The molecule has 0 aliphatic carbocycles. The van der Waals surface area contributed by atoms with E-state index >= 15 is 0 Å². The van der Waals surface area contributed by atoms with Gasteiger partial charge >= 0.3 is 0 Å². The van der Waals surface area contributed by atoms with Crippen molar-refractivity contribution < 1.29 is 18.8 Å². The molecule has 0 fully saturated rings. The zero-order chi connectivity index (χ0) is 17.9. The Morgan fingerprint density at radius 1 is 1.08 bits per heavy atom. The quantitative estimate of drug-likeness (QED) is 0.743. The molecule has 0 spiro atoms. The second kappa shape index (κ2) is 7.09. The first-order chi connectivity index (χ1) is 12.7. The van der Waals surface area contributed by atoms with Crippen molar-refractivity contribution >= 4 is 17.5 Å². The molecule has 7 heteroatoms. The molecule has 0 unspecified atom stereocenters. The molecule has 4 rings (SSSR count). The van der Waals surface area contributed by atoms with Gasteiger partial charge in [-0.05, 0) is 42.0 Å². The molecule has 1 N–H and O–H groups in total. The van der Waals surface area contributed by atoms with Gasteiger partial charge in [-0.1, -0.05) is 22.8 Å². The Morgan fingerprint density at radius 3 is 2.73 bits per heavy atom. The molecule has 2 aromatic carbocycles. The molecule has 1 amide bonds. The molecule has 26 heavy (non-hydrogen) atoms. The molecule has 0 atom stereocenters. The number of rotatable bonds is 5. The van der Waals surface area contributed by atoms with Crippen LogP contribution in [0.25, 0.3) is 11.3 Å². The van der Waals surface area contributed by atoms with Gasteiger partial charge in [0.05, 0.1) is 12.1 Å². The van der Waals surface area contributed by atoms with Crippen molar-refractivity contribution in [3.63, 3.8) is 0 Å². The molecule has 0 saturated carbocycles. The van der Waals surface area contributed by atoms with Gasteiger partial charge in [0, 0.05) is 23.2 Å². The number of carbonyl (C=O) groups is 1. The third-order valence-corrected chi connectivity index (χ3v) is 4.21. The zero-order valence-electron chi connectivity index (χ0n) is 13.7. The highest BCUT2D eigenvalue weighted by molar-refractivity contribution is 6.30. The summed E-state index contributed by atoms with van der Waals surface area (Å²) in [7, 11) is 0. The highest BCUT2D eigenvalue weighted by Gasteiger charge is 2.14. The minimum absolute atomic E-state index is 0.140. The Labute approximate surface area is 154 Å². The highest BCUT2D eigenvalue weighted by Crippen LogP contribution is 2.32. The molecule has 0 saturated heterocycles. The summed E-state index contributed by atoms with van der Waals surface area (Å²) in [6.07, 6.45) is 0.141. The summed E-state index contributed by atoms with van der Waals surface area (Å²) in [6, 6.07) is 14.6. The molecule has 1 aliphatic rings. The molecule has 132 valence electrons. The Bertz CT molecular complexity index is 937. The fraction of sp³-hybridized carbons (Fsp3) is 0.158. The number of nitrogens with one attached hydrogen (secondary N) is 1. The molecule has 1 aromatic heterocycles. The number of aromatic nitrogens is 1. The first kappa shape index (κ1) is 16.5. The summed E-state index contributed by atoms with van der Waals surface area (Å²) in [5.74, 6) is 1.87. The Kier molecular flexibility index (Phi) is 4.50. The first-order valence-corrected chi connectivity index (χ1v) is 8.42. The Morgan fingerprint density at radius 2 is 1.88 bits per heavy atom. The van der Waals surface area contributed by atoms with Crippen LogP contribution in [-0.2, 0) is 17.8 Å². The van der Waals surface area contributed by atoms with Gasteiger partial charge < -0.3 is 19.3 Å². The molecular weight excluding hydrogens is 356 g/mol. The van der Waals surface area contributed by atoms with Crippen LogP contribution in [0.4, 0.5) is 0 Å². The van der Waals surface area contributed by atoms with Crippen LogP contribution in [0.5, 0.6) is 11.5 Å². The summed E-state index contributed by atoms with van der Waals surface area (Å²) in [5.41, 5.74) is 2.36. The topological polar surface area (TPSA) is 73.6 Å². The number of nitrogens with zero attached hydrogens (tertiary/aromatic N) is 1. The lowest BCUT2D eigenvalue weighted by Crippen LogP contribution is -2.24. The fourth-order valence-corrected chi connectivity index (χ4v) is 2.75. The van der Waals surface area contributed by atoms with E-state index in [0.29, 0.717) is 28.8 Å².